The number of thiophene rings is 1. The van der Waals surface area contributed by atoms with Crippen molar-refractivity contribution in [1.29, 1.82) is 0 Å². The lowest BCUT2D eigenvalue weighted by atomic mass is 10.0. The second-order valence-corrected chi connectivity index (χ2v) is 7.20. The van der Waals surface area contributed by atoms with Gasteiger partial charge in [0.25, 0.3) is 0 Å². The van der Waals surface area contributed by atoms with Crippen molar-refractivity contribution in [3.8, 4) is 0 Å². The van der Waals surface area contributed by atoms with Crippen LogP contribution >= 0.6 is 11.3 Å². The summed E-state index contributed by atoms with van der Waals surface area (Å²) in [5.41, 5.74) is 1.32. The van der Waals surface area contributed by atoms with Gasteiger partial charge in [0.05, 0.1) is 6.54 Å². The number of urea groups is 1. The minimum absolute atomic E-state index is 0.221. The molecule has 3 amide bonds. The highest BCUT2D eigenvalue weighted by atomic mass is 32.1. The highest BCUT2D eigenvalue weighted by Crippen LogP contribution is 2.32. The van der Waals surface area contributed by atoms with Gasteiger partial charge in [0, 0.05) is 23.5 Å². The van der Waals surface area contributed by atoms with Crippen LogP contribution in [0.25, 0.3) is 0 Å². The second-order valence-electron chi connectivity index (χ2n) is 6.20. The topological polar surface area (TPSA) is 61.4 Å². The monoisotopic (exact) mass is 321 g/mol. The molecule has 3 rings (SSSR count). The van der Waals surface area contributed by atoms with Crippen molar-refractivity contribution in [2.75, 3.05) is 13.1 Å². The molecule has 0 unspecified atom stereocenters. The molecule has 2 aliphatic rings. The van der Waals surface area contributed by atoms with Crippen LogP contribution in [0.3, 0.4) is 0 Å². The van der Waals surface area contributed by atoms with E-state index in [-0.39, 0.29) is 30.6 Å². The lowest BCUT2D eigenvalue weighted by molar-refractivity contribution is -0.121. The van der Waals surface area contributed by atoms with Gasteiger partial charge in [0.2, 0.25) is 5.91 Å². The van der Waals surface area contributed by atoms with Gasteiger partial charge in [-0.05, 0) is 43.2 Å². The number of amides is 3. The molecule has 0 saturated heterocycles. The molecular weight excluding hydrogens is 298 g/mol. The van der Waals surface area contributed by atoms with Crippen molar-refractivity contribution in [3.63, 3.8) is 0 Å². The third-order valence-corrected chi connectivity index (χ3v) is 5.69. The molecule has 0 bridgehead atoms. The Morgan fingerprint density at radius 1 is 1.36 bits per heavy atom. The average molecular weight is 321 g/mol. The molecule has 0 aromatic carbocycles. The molecular formula is C16H23N3O2S. The van der Waals surface area contributed by atoms with Crippen LogP contribution in [0.4, 0.5) is 4.79 Å². The molecule has 2 heterocycles. The van der Waals surface area contributed by atoms with Crippen LogP contribution in [0.5, 0.6) is 0 Å². The molecule has 1 atom stereocenters. The summed E-state index contributed by atoms with van der Waals surface area (Å²) in [4.78, 5) is 27.5. The van der Waals surface area contributed by atoms with E-state index in [9.17, 15) is 9.59 Å². The fourth-order valence-corrected chi connectivity index (χ4v) is 4.38. The van der Waals surface area contributed by atoms with Crippen molar-refractivity contribution >= 4 is 23.3 Å². The minimum Gasteiger partial charge on any atom is -0.335 e. The van der Waals surface area contributed by atoms with Gasteiger partial charge in [-0.15, -0.1) is 11.3 Å². The van der Waals surface area contributed by atoms with Crippen LogP contribution in [0, 0.1) is 0 Å². The summed E-state index contributed by atoms with van der Waals surface area (Å²) in [5, 5.41) is 7.46. The maximum Gasteiger partial charge on any atom is 0.321 e. The molecule has 1 saturated carbocycles. The Morgan fingerprint density at radius 2 is 2.14 bits per heavy atom. The number of rotatable bonds is 3. The van der Waals surface area contributed by atoms with Crippen molar-refractivity contribution < 1.29 is 9.59 Å². The molecule has 1 aromatic rings. The Hall–Kier alpha value is -1.40. The van der Waals surface area contributed by atoms with Crippen LogP contribution < -0.4 is 10.6 Å². The lowest BCUT2D eigenvalue weighted by Gasteiger charge is -2.32. The zero-order valence-corrected chi connectivity index (χ0v) is 13.7. The predicted molar refractivity (Wildman–Crippen MR) is 86.9 cm³/mol. The third-order valence-electron chi connectivity index (χ3n) is 4.69. The molecule has 1 aliphatic carbocycles. The standard InChI is InChI=1S/C16H23N3O2S/c1-11-13-7-9-22-14(13)6-8-19(11)10-15(20)18-16(21)17-12-4-2-3-5-12/h7,9,11-12H,2-6,8,10H2,1H3,(H2,17,18,20,21)/t11-/m0/s1. The van der Waals surface area contributed by atoms with E-state index >= 15 is 0 Å². The first-order chi connectivity index (χ1) is 10.6. The first kappa shape index (κ1) is 15.5. The highest BCUT2D eigenvalue weighted by molar-refractivity contribution is 7.10. The number of imide groups is 1. The summed E-state index contributed by atoms with van der Waals surface area (Å²) in [6.07, 6.45) is 5.34. The van der Waals surface area contributed by atoms with Crippen LogP contribution in [0.2, 0.25) is 0 Å². The van der Waals surface area contributed by atoms with E-state index < -0.39 is 0 Å². The Bertz CT molecular complexity index is 551. The largest absolute Gasteiger partial charge is 0.335 e. The Balaban J connectivity index is 1.48. The van der Waals surface area contributed by atoms with Crippen molar-refractivity contribution in [3.05, 3.63) is 21.9 Å². The number of carbonyl (C=O) groups excluding carboxylic acids is 2. The Kier molecular flexibility index (Phi) is 4.78. The van der Waals surface area contributed by atoms with E-state index in [0.717, 1.165) is 38.6 Å². The van der Waals surface area contributed by atoms with Gasteiger partial charge >= 0.3 is 6.03 Å². The quantitative estimate of drug-likeness (QED) is 0.899. The lowest BCUT2D eigenvalue weighted by Crippen LogP contribution is -2.48. The van der Waals surface area contributed by atoms with Gasteiger partial charge in [0.15, 0.2) is 0 Å². The normalized spacial score (nSPS) is 22.3. The van der Waals surface area contributed by atoms with Crippen molar-refractivity contribution in [1.82, 2.24) is 15.5 Å². The summed E-state index contributed by atoms with van der Waals surface area (Å²) in [5.74, 6) is -0.221. The average Bonchev–Trinajstić information content (AvgIpc) is 3.12. The first-order valence-electron chi connectivity index (χ1n) is 8.04. The summed E-state index contributed by atoms with van der Waals surface area (Å²) >= 11 is 1.79. The number of nitrogens with one attached hydrogen (secondary N) is 2. The van der Waals surface area contributed by atoms with E-state index in [1.54, 1.807) is 11.3 Å². The van der Waals surface area contributed by atoms with Gasteiger partial charge in [-0.2, -0.15) is 0 Å². The Morgan fingerprint density at radius 3 is 2.91 bits per heavy atom. The maximum atomic E-state index is 12.1. The molecule has 22 heavy (non-hydrogen) atoms. The van der Waals surface area contributed by atoms with Crippen LogP contribution in [0.1, 0.15) is 49.1 Å². The van der Waals surface area contributed by atoms with Gasteiger partial charge < -0.3 is 5.32 Å². The number of hydrogen-bond acceptors (Lipinski definition) is 4. The summed E-state index contributed by atoms with van der Waals surface area (Å²) in [7, 11) is 0. The van der Waals surface area contributed by atoms with Gasteiger partial charge in [-0.25, -0.2) is 4.79 Å². The number of fused-ring (bicyclic) bond motifs is 1. The molecule has 1 aromatic heterocycles. The molecule has 1 fully saturated rings. The van der Waals surface area contributed by atoms with Crippen molar-refractivity contribution in [2.45, 2.75) is 51.1 Å². The smallest absolute Gasteiger partial charge is 0.321 e. The van der Waals surface area contributed by atoms with Crippen molar-refractivity contribution in [2.24, 2.45) is 0 Å². The summed E-state index contributed by atoms with van der Waals surface area (Å²) in [6, 6.07) is 2.26. The van der Waals surface area contributed by atoms with Gasteiger partial charge in [-0.3, -0.25) is 15.0 Å². The van der Waals surface area contributed by atoms with E-state index in [0.29, 0.717) is 0 Å². The van der Waals surface area contributed by atoms with E-state index in [2.05, 4.69) is 33.9 Å². The highest BCUT2D eigenvalue weighted by Gasteiger charge is 2.26. The minimum atomic E-state index is -0.349. The van der Waals surface area contributed by atoms with Crippen LogP contribution in [-0.4, -0.2) is 36.0 Å². The maximum absolute atomic E-state index is 12.1. The second kappa shape index (κ2) is 6.79. The third kappa shape index (κ3) is 3.50. The Labute approximate surface area is 135 Å². The number of carbonyl (C=O) groups is 2. The molecule has 1 aliphatic heterocycles. The van der Waals surface area contributed by atoms with Crippen LogP contribution in [0.15, 0.2) is 11.4 Å². The van der Waals surface area contributed by atoms with Gasteiger partial charge in [0.1, 0.15) is 0 Å². The number of hydrogen-bond donors (Lipinski definition) is 2. The molecule has 0 radical (unpaired) electrons. The molecule has 6 heteroatoms. The molecule has 5 nitrogen and oxygen atoms in total. The zero-order chi connectivity index (χ0) is 15.5. The fraction of sp³-hybridized carbons (Fsp3) is 0.625. The molecule has 0 spiro atoms. The molecule has 2 N–H and O–H groups in total. The predicted octanol–water partition coefficient (Wildman–Crippen LogP) is 2.44. The van der Waals surface area contributed by atoms with E-state index in [4.69, 9.17) is 0 Å². The van der Waals surface area contributed by atoms with Crippen LogP contribution in [-0.2, 0) is 11.2 Å². The molecule has 120 valence electrons. The first-order valence-corrected chi connectivity index (χ1v) is 8.92. The van der Waals surface area contributed by atoms with Gasteiger partial charge in [-0.1, -0.05) is 12.8 Å². The zero-order valence-electron chi connectivity index (χ0n) is 12.9. The summed E-state index contributed by atoms with van der Waals surface area (Å²) in [6.45, 7) is 3.26. The summed E-state index contributed by atoms with van der Waals surface area (Å²) < 4.78 is 0. The van der Waals surface area contributed by atoms with E-state index in [1.165, 1.54) is 10.4 Å². The SMILES string of the molecule is C[C@H]1c2ccsc2CCN1CC(=O)NC(=O)NC1CCCC1. The van der Waals surface area contributed by atoms with E-state index in [1.807, 2.05) is 0 Å². The number of nitrogens with zero attached hydrogens (tertiary/aromatic N) is 1. The fourth-order valence-electron chi connectivity index (χ4n) is 3.42.